The lowest BCUT2D eigenvalue weighted by atomic mass is 10.2. The van der Waals surface area contributed by atoms with Crippen LogP contribution in [-0.2, 0) is 4.79 Å². The van der Waals surface area contributed by atoms with Crippen molar-refractivity contribution < 1.29 is 19.0 Å². The molecule has 0 aliphatic rings. The van der Waals surface area contributed by atoms with Crippen LogP contribution < -0.4 is 4.74 Å². The highest BCUT2D eigenvalue weighted by Gasteiger charge is 2.05. The van der Waals surface area contributed by atoms with Crippen LogP contribution >= 0.6 is 0 Å². The maximum atomic E-state index is 13.5. The largest absolute Gasteiger partial charge is 0.491 e. The van der Waals surface area contributed by atoms with Crippen molar-refractivity contribution in [3.63, 3.8) is 0 Å². The summed E-state index contributed by atoms with van der Waals surface area (Å²) in [6, 6.07) is 5.03. The number of hydrogen-bond acceptors (Lipinski definition) is 2. The van der Waals surface area contributed by atoms with E-state index in [-0.39, 0.29) is 18.0 Å². The van der Waals surface area contributed by atoms with Crippen LogP contribution in [0.2, 0.25) is 0 Å². The fourth-order valence-electron chi connectivity index (χ4n) is 1.47. The van der Waals surface area contributed by atoms with E-state index in [4.69, 9.17) is 9.84 Å². The van der Waals surface area contributed by atoms with Gasteiger partial charge in [0.25, 0.3) is 0 Å². The maximum Gasteiger partial charge on any atom is 0.303 e. The zero-order valence-electron chi connectivity index (χ0n) is 9.91. The van der Waals surface area contributed by atoms with Gasteiger partial charge in [-0.1, -0.05) is 12.1 Å². The minimum absolute atomic E-state index is 0.179. The van der Waals surface area contributed by atoms with E-state index in [1.807, 2.05) is 0 Å². The van der Waals surface area contributed by atoms with Crippen molar-refractivity contribution in [1.29, 1.82) is 0 Å². The van der Waals surface area contributed by atoms with Crippen LogP contribution in [0.15, 0.2) is 18.2 Å². The monoisotopic (exact) mass is 240 g/mol. The summed E-state index contributed by atoms with van der Waals surface area (Å²) >= 11 is 0. The van der Waals surface area contributed by atoms with Gasteiger partial charge in [-0.05, 0) is 37.8 Å². The summed E-state index contributed by atoms with van der Waals surface area (Å²) in [6.45, 7) is 2.11. The van der Waals surface area contributed by atoms with Gasteiger partial charge in [-0.3, -0.25) is 4.79 Å². The van der Waals surface area contributed by atoms with Gasteiger partial charge in [0.1, 0.15) is 0 Å². The highest BCUT2D eigenvalue weighted by atomic mass is 19.1. The average Bonchev–Trinajstić information content (AvgIpc) is 2.28. The third-order valence-electron chi connectivity index (χ3n) is 2.45. The number of hydrogen-bond donors (Lipinski definition) is 1. The molecule has 3 nitrogen and oxygen atoms in total. The molecule has 1 rings (SSSR count). The first kappa shape index (κ1) is 13.5. The number of carbonyl (C=O) groups is 1. The zero-order valence-corrected chi connectivity index (χ0v) is 9.91. The molecule has 0 amide bonds. The van der Waals surface area contributed by atoms with E-state index in [1.165, 1.54) is 0 Å². The van der Waals surface area contributed by atoms with E-state index in [1.54, 1.807) is 25.1 Å². The van der Waals surface area contributed by atoms with Gasteiger partial charge in [0, 0.05) is 6.42 Å². The number of ether oxygens (including phenoxy) is 1. The topological polar surface area (TPSA) is 46.5 Å². The van der Waals surface area contributed by atoms with Gasteiger partial charge in [0.05, 0.1) is 6.61 Å². The van der Waals surface area contributed by atoms with Crippen molar-refractivity contribution in [2.24, 2.45) is 0 Å². The molecule has 94 valence electrons. The molecule has 0 aliphatic carbocycles. The molecule has 0 radical (unpaired) electrons. The van der Waals surface area contributed by atoms with Crippen LogP contribution in [0.25, 0.3) is 0 Å². The predicted molar refractivity (Wildman–Crippen MR) is 62.7 cm³/mol. The molecule has 0 fully saturated rings. The summed E-state index contributed by atoms with van der Waals surface area (Å²) in [5.41, 5.74) is 0.563. The number of aryl methyl sites for hydroxylation is 1. The number of rotatable bonds is 7. The van der Waals surface area contributed by atoms with E-state index in [0.29, 0.717) is 18.6 Å². The Labute approximate surface area is 100 Å². The molecule has 0 atom stereocenters. The molecule has 0 unspecified atom stereocenters. The van der Waals surface area contributed by atoms with Gasteiger partial charge in [0.15, 0.2) is 11.6 Å². The van der Waals surface area contributed by atoms with Gasteiger partial charge in [-0.2, -0.15) is 0 Å². The van der Waals surface area contributed by atoms with Crippen LogP contribution in [0.3, 0.4) is 0 Å². The lowest BCUT2D eigenvalue weighted by Crippen LogP contribution is -2.01. The van der Waals surface area contributed by atoms with E-state index in [0.717, 1.165) is 12.8 Å². The number of aliphatic carboxylic acids is 1. The Morgan fingerprint density at radius 2 is 2.12 bits per heavy atom. The first-order valence-electron chi connectivity index (χ1n) is 5.71. The van der Waals surface area contributed by atoms with Gasteiger partial charge < -0.3 is 9.84 Å². The molecule has 4 heteroatoms. The van der Waals surface area contributed by atoms with Crippen molar-refractivity contribution in [1.82, 2.24) is 0 Å². The van der Waals surface area contributed by atoms with Crippen molar-refractivity contribution in [2.75, 3.05) is 6.61 Å². The zero-order chi connectivity index (χ0) is 12.7. The highest BCUT2D eigenvalue weighted by Crippen LogP contribution is 2.19. The third kappa shape index (κ3) is 4.85. The molecule has 0 heterocycles. The molecular weight excluding hydrogens is 223 g/mol. The summed E-state index contributed by atoms with van der Waals surface area (Å²) in [4.78, 5) is 10.3. The molecule has 1 N–H and O–H groups in total. The molecule has 0 aromatic heterocycles. The molecule has 1 aromatic carbocycles. The van der Waals surface area contributed by atoms with Gasteiger partial charge in [0.2, 0.25) is 0 Å². The lowest BCUT2D eigenvalue weighted by molar-refractivity contribution is -0.137. The van der Waals surface area contributed by atoms with E-state index >= 15 is 0 Å². The third-order valence-corrected chi connectivity index (χ3v) is 2.45. The Bertz CT molecular complexity index is 377. The van der Waals surface area contributed by atoms with E-state index in [9.17, 15) is 9.18 Å². The first-order valence-corrected chi connectivity index (χ1v) is 5.71. The smallest absolute Gasteiger partial charge is 0.303 e. The van der Waals surface area contributed by atoms with Crippen LogP contribution in [0, 0.1) is 12.7 Å². The number of carboxylic acids is 1. The summed E-state index contributed by atoms with van der Waals surface area (Å²) in [7, 11) is 0. The normalized spacial score (nSPS) is 10.2. The fourth-order valence-corrected chi connectivity index (χ4v) is 1.47. The van der Waals surface area contributed by atoms with E-state index in [2.05, 4.69) is 0 Å². The minimum Gasteiger partial charge on any atom is -0.491 e. The number of benzene rings is 1. The van der Waals surface area contributed by atoms with Crippen LogP contribution in [0.4, 0.5) is 4.39 Å². The summed E-state index contributed by atoms with van der Waals surface area (Å²) in [6.07, 6.45) is 2.33. The number of carboxylic acid groups (broad SMARTS) is 1. The predicted octanol–water partition coefficient (Wildman–Crippen LogP) is 3.16. The molecule has 17 heavy (non-hydrogen) atoms. The highest BCUT2D eigenvalue weighted by molar-refractivity contribution is 5.66. The molecule has 0 aliphatic heterocycles. The Morgan fingerprint density at radius 1 is 1.35 bits per heavy atom. The SMILES string of the molecule is Cc1cccc(OCCCCCC(=O)O)c1F. The quantitative estimate of drug-likeness (QED) is 0.745. The van der Waals surface area contributed by atoms with Crippen molar-refractivity contribution in [2.45, 2.75) is 32.6 Å². The van der Waals surface area contributed by atoms with Gasteiger partial charge >= 0.3 is 5.97 Å². The summed E-state index contributed by atoms with van der Waals surface area (Å²) < 4.78 is 18.8. The second kappa shape index (κ2) is 6.89. The molecule has 0 bridgehead atoms. The van der Waals surface area contributed by atoms with Gasteiger partial charge in [-0.15, -0.1) is 0 Å². The lowest BCUT2D eigenvalue weighted by Gasteiger charge is -2.08. The van der Waals surface area contributed by atoms with Crippen LogP contribution in [0.5, 0.6) is 5.75 Å². The Hall–Kier alpha value is -1.58. The Kier molecular flexibility index (Phi) is 5.46. The van der Waals surface area contributed by atoms with Gasteiger partial charge in [-0.25, -0.2) is 4.39 Å². The molecule has 0 saturated carbocycles. The number of halogens is 1. The van der Waals surface area contributed by atoms with Crippen molar-refractivity contribution in [3.05, 3.63) is 29.6 Å². The summed E-state index contributed by atoms with van der Waals surface area (Å²) in [5.74, 6) is -0.836. The van der Waals surface area contributed by atoms with E-state index < -0.39 is 5.97 Å². The molecular formula is C13H17FO3. The van der Waals surface area contributed by atoms with Crippen molar-refractivity contribution >= 4 is 5.97 Å². The average molecular weight is 240 g/mol. The standard InChI is InChI=1S/C13H17FO3/c1-10-6-5-7-11(13(10)14)17-9-4-2-3-8-12(15)16/h5-7H,2-4,8-9H2,1H3,(H,15,16). The summed E-state index contributed by atoms with van der Waals surface area (Å²) in [5, 5.41) is 8.43. The number of unbranched alkanes of at least 4 members (excludes halogenated alkanes) is 2. The second-order valence-electron chi connectivity index (χ2n) is 3.94. The molecule has 0 saturated heterocycles. The second-order valence-corrected chi connectivity index (χ2v) is 3.94. The first-order chi connectivity index (χ1) is 8.11. The Balaban J connectivity index is 2.22. The maximum absolute atomic E-state index is 13.5. The van der Waals surface area contributed by atoms with Crippen molar-refractivity contribution in [3.8, 4) is 5.75 Å². The van der Waals surface area contributed by atoms with Crippen LogP contribution in [0.1, 0.15) is 31.2 Å². The fraction of sp³-hybridized carbons (Fsp3) is 0.462. The molecule has 0 spiro atoms. The minimum atomic E-state index is -0.782. The Morgan fingerprint density at radius 3 is 2.82 bits per heavy atom. The van der Waals surface area contributed by atoms with Crippen LogP contribution in [-0.4, -0.2) is 17.7 Å². The molecule has 1 aromatic rings.